The van der Waals surface area contributed by atoms with E-state index in [1.54, 1.807) is 0 Å². The Kier molecular flexibility index (Phi) is 10.3. The normalized spacial score (nSPS) is 20.5. The van der Waals surface area contributed by atoms with Gasteiger partial charge in [0.15, 0.2) is 5.96 Å². The summed E-state index contributed by atoms with van der Waals surface area (Å²) in [5.41, 5.74) is 1.99. The molecule has 1 saturated carbocycles. The molecule has 0 unspecified atom stereocenters. The third-order valence-electron chi connectivity index (χ3n) is 5.16. The molecule has 0 atom stereocenters. The highest BCUT2D eigenvalue weighted by atomic mass is 127. The fourth-order valence-electron chi connectivity index (χ4n) is 4.07. The van der Waals surface area contributed by atoms with Gasteiger partial charge in [-0.1, -0.05) is 38.3 Å². The van der Waals surface area contributed by atoms with Gasteiger partial charge in [0, 0.05) is 20.1 Å². The molecular weight excluding hydrogens is 413 g/mol. The summed E-state index contributed by atoms with van der Waals surface area (Å²) >= 11 is 0. The van der Waals surface area contributed by atoms with Crippen LogP contribution in [0.25, 0.3) is 0 Å². The van der Waals surface area contributed by atoms with Crippen LogP contribution in [0.2, 0.25) is 0 Å². The van der Waals surface area contributed by atoms with Crippen LogP contribution in [-0.4, -0.2) is 39.3 Å². The van der Waals surface area contributed by atoms with Crippen molar-refractivity contribution in [3.63, 3.8) is 0 Å². The molecule has 0 amide bonds. The monoisotopic (exact) mass is 449 g/mol. The van der Waals surface area contributed by atoms with Gasteiger partial charge in [0.25, 0.3) is 0 Å². The molecule has 1 heterocycles. The van der Waals surface area contributed by atoms with E-state index in [9.17, 15) is 0 Å². The molecule has 0 aromatic heterocycles. The Bertz CT molecular complexity index is 415. The standard InChI is InChI=1S/C19H35N3O.HI/c1-16(2)14-19(9-4-5-10-19)15-22-18(20-3)21-11-6-17-7-12-23-13-8-17;/h7,16H,4-6,8-15H2,1-3H3,(H2,20,21,22);1H. The molecule has 4 nitrogen and oxygen atoms in total. The summed E-state index contributed by atoms with van der Waals surface area (Å²) in [7, 11) is 1.87. The Labute approximate surface area is 165 Å². The number of guanidine groups is 1. The van der Waals surface area contributed by atoms with Crippen LogP contribution in [0.15, 0.2) is 16.6 Å². The van der Waals surface area contributed by atoms with Gasteiger partial charge in [0.1, 0.15) is 0 Å². The average Bonchev–Trinajstić information content (AvgIpc) is 2.99. The molecule has 0 bridgehead atoms. The van der Waals surface area contributed by atoms with Gasteiger partial charge in [-0.2, -0.15) is 0 Å². The minimum Gasteiger partial charge on any atom is -0.377 e. The molecule has 140 valence electrons. The van der Waals surface area contributed by atoms with E-state index in [2.05, 4.69) is 35.5 Å². The molecule has 0 aromatic carbocycles. The molecule has 0 aromatic rings. The highest BCUT2D eigenvalue weighted by Crippen LogP contribution is 2.42. The molecule has 0 radical (unpaired) electrons. The van der Waals surface area contributed by atoms with Crippen LogP contribution in [0.5, 0.6) is 0 Å². The molecule has 1 fully saturated rings. The van der Waals surface area contributed by atoms with E-state index >= 15 is 0 Å². The van der Waals surface area contributed by atoms with Crippen molar-refractivity contribution in [2.24, 2.45) is 16.3 Å². The maximum atomic E-state index is 5.35. The fraction of sp³-hybridized carbons (Fsp3) is 0.842. The first-order valence-corrected chi connectivity index (χ1v) is 9.34. The fourth-order valence-corrected chi connectivity index (χ4v) is 4.07. The van der Waals surface area contributed by atoms with E-state index in [0.29, 0.717) is 5.41 Å². The van der Waals surface area contributed by atoms with E-state index in [-0.39, 0.29) is 24.0 Å². The van der Waals surface area contributed by atoms with Crippen LogP contribution < -0.4 is 10.6 Å². The summed E-state index contributed by atoms with van der Waals surface area (Å²) in [6.07, 6.45) is 11.2. The molecule has 2 N–H and O–H groups in total. The minimum absolute atomic E-state index is 0. The first-order valence-electron chi connectivity index (χ1n) is 9.34. The van der Waals surface area contributed by atoms with Gasteiger partial charge in [-0.15, -0.1) is 24.0 Å². The number of nitrogens with one attached hydrogen (secondary N) is 2. The van der Waals surface area contributed by atoms with E-state index in [4.69, 9.17) is 4.74 Å². The maximum Gasteiger partial charge on any atom is 0.191 e. The minimum atomic E-state index is 0. The van der Waals surface area contributed by atoms with Crippen molar-refractivity contribution in [3.05, 3.63) is 11.6 Å². The second-order valence-corrected chi connectivity index (χ2v) is 7.59. The number of nitrogens with zero attached hydrogens (tertiary/aromatic N) is 1. The molecule has 5 heteroatoms. The van der Waals surface area contributed by atoms with Crippen molar-refractivity contribution < 1.29 is 4.74 Å². The highest BCUT2D eigenvalue weighted by molar-refractivity contribution is 14.0. The van der Waals surface area contributed by atoms with E-state index in [1.165, 1.54) is 37.7 Å². The van der Waals surface area contributed by atoms with Crippen molar-refractivity contribution in [3.8, 4) is 0 Å². The van der Waals surface area contributed by atoms with Crippen molar-refractivity contribution in [1.82, 2.24) is 10.6 Å². The molecule has 24 heavy (non-hydrogen) atoms. The zero-order valence-electron chi connectivity index (χ0n) is 15.7. The van der Waals surface area contributed by atoms with Crippen molar-refractivity contribution in [1.29, 1.82) is 0 Å². The SMILES string of the molecule is CN=C(NCCC1=CCOCC1)NCC1(CC(C)C)CCCC1.I. The highest BCUT2D eigenvalue weighted by Gasteiger charge is 2.34. The molecule has 0 spiro atoms. The van der Waals surface area contributed by atoms with Crippen LogP contribution in [0.3, 0.4) is 0 Å². The Morgan fingerprint density at radius 3 is 2.62 bits per heavy atom. The lowest BCUT2D eigenvalue weighted by molar-refractivity contribution is 0.153. The predicted octanol–water partition coefficient (Wildman–Crippen LogP) is 4.11. The van der Waals surface area contributed by atoms with E-state index in [0.717, 1.165) is 51.0 Å². The van der Waals surface area contributed by atoms with Crippen molar-refractivity contribution in [2.75, 3.05) is 33.4 Å². The lowest BCUT2D eigenvalue weighted by Crippen LogP contribution is -2.43. The first kappa shape index (κ1) is 21.7. The quantitative estimate of drug-likeness (QED) is 0.266. The third-order valence-corrected chi connectivity index (χ3v) is 5.16. The summed E-state index contributed by atoms with van der Waals surface area (Å²) in [5, 5.41) is 7.06. The van der Waals surface area contributed by atoms with Gasteiger partial charge in [0.2, 0.25) is 0 Å². The van der Waals surface area contributed by atoms with E-state index < -0.39 is 0 Å². The van der Waals surface area contributed by atoms with Crippen LogP contribution in [0.1, 0.15) is 58.8 Å². The lowest BCUT2D eigenvalue weighted by atomic mass is 9.78. The van der Waals surface area contributed by atoms with Crippen LogP contribution in [0, 0.1) is 11.3 Å². The summed E-state index contributed by atoms with van der Waals surface area (Å²) in [6.45, 7) is 8.34. The molecule has 2 rings (SSSR count). The summed E-state index contributed by atoms with van der Waals surface area (Å²) in [5.74, 6) is 1.72. The van der Waals surface area contributed by atoms with Gasteiger partial charge < -0.3 is 15.4 Å². The largest absolute Gasteiger partial charge is 0.377 e. The van der Waals surface area contributed by atoms with E-state index in [1.807, 2.05) is 7.05 Å². The van der Waals surface area contributed by atoms with Crippen molar-refractivity contribution in [2.45, 2.75) is 58.8 Å². The molecule has 0 saturated heterocycles. The van der Waals surface area contributed by atoms with Crippen LogP contribution in [0.4, 0.5) is 0 Å². The average molecular weight is 449 g/mol. The number of ether oxygens (including phenoxy) is 1. The second-order valence-electron chi connectivity index (χ2n) is 7.59. The lowest BCUT2D eigenvalue weighted by Gasteiger charge is -2.32. The molecule has 2 aliphatic rings. The molecule has 1 aliphatic carbocycles. The van der Waals surface area contributed by atoms with Crippen molar-refractivity contribution >= 4 is 29.9 Å². The maximum absolute atomic E-state index is 5.35. The van der Waals surface area contributed by atoms with Crippen LogP contribution in [-0.2, 0) is 4.74 Å². The smallest absolute Gasteiger partial charge is 0.191 e. The topological polar surface area (TPSA) is 45.7 Å². The molecular formula is C19H36IN3O. The number of halogens is 1. The summed E-state index contributed by atoms with van der Waals surface area (Å²) in [4.78, 5) is 4.39. The van der Waals surface area contributed by atoms with Gasteiger partial charge in [-0.25, -0.2) is 0 Å². The third kappa shape index (κ3) is 7.30. The van der Waals surface area contributed by atoms with Gasteiger partial charge in [-0.05, 0) is 43.4 Å². The van der Waals surface area contributed by atoms with Gasteiger partial charge in [0.05, 0.1) is 13.2 Å². The number of hydrogen-bond acceptors (Lipinski definition) is 2. The Hall–Kier alpha value is -0.300. The number of aliphatic imine (C=N–C) groups is 1. The Morgan fingerprint density at radius 1 is 1.29 bits per heavy atom. The first-order chi connectivity index (χ1) is 11.1. The van der Waals surface area contributed by atoms with Gasteiger partial charge >= 0.3 is 0 Å². The molecule has 1 aliphatic heterocycles. The number of hydrogen-bond donors (Lipinski definition) is 2. The zero-order valence-corrected chi connectivity index (χ0v) is 18.0. The zero-order chi connectivity index (χ0) is 16.5. The van der Waals surface area contributed by atoms with Gasteiger partial charge in [-0.3, -0.25) is 4.99 Å². The number of rotatable bonds is 7. The Morgan fingerprint density at radius 2 is 2.04 bits per heavy atom. The summed E-state index contributed by atoms with van der Waals surface area (Å²) in [6, 6.07) is 0. The second kappa shape index (κ2) is 11.3. The predicted molar refractivity (Wildman–Crippen MR) is 113 cm³/mol. The Balaban J connectivity index is 0.00000288. The summed E-state index contributed by atoms with van der Waals surface area (Å²) < 4.78 is 5.35. The van der Waals surface area contributed by atoms with Crippen LogP contribution >= 0.6 is 24.0 Å².